The highest BCUT2D eigenvalue weighted by Crippen LogP contribution is 2.43. The lowest BCUT2D eigenvalue weighted by Crippen LogP contribution is -2.60. The number of ketones is 2. The van der Waals surface area contributed by atoms with E-state index in [-0.39, 0.29) is 44.0 Å². The van der Waals surface area contributed by atoms with E-state index in [0.29, 0.717) is 17.5 Å². The molecule has 17 heteroatoms. The van der Waals surface area contributed by atoms with Gasteiger partial charge in [0.05, 0.1) is 41.6 Å². The first kappa shape index (κ1) is 45.8. The number of benzene rings is 1. The van der Waals surface area contributed by atoms with E-state index in [1.54, 1.807) is 60.0 Å². The normalized spacial score (nSPS) is 36.2. The number of fused-ring (bicyclic) bond motifs is 2. The van der Waals surface area contributed by atoms with Gasteiger partial charge in [-0.2, -0.15) is 0 Å². The van der Waals surface area contributed by atoms with Crippen LogP contribution in [0.5, 0.6) is 0 Å². The van der Waals surface area contributed by atoms with Crippen molar-refractivity contribution in [3.63, 3.8) is 0 Å². The highest BCUT2D eigenvalue weighted by Gasteiger charge is 2.60. The average Bonchev–Trinajstić information content (AvgIpc) is 3.47. The number of methoxy groups -OCH3 is 1. The number of hydrogen-bond donors (Lipinski definition) is 3. The third kappa shape index (κ3) is 9.54. The van der Waals surface area contributed by atoms with Crippen LogP contribution in [-0.4, -0.2) is 136 Å². The summed E-state index contributed by atoms with van der Waals surface area (Å²) in [6.07, 6.45) is -1.57. The summed E-state index contributed by atoms with van der Waals surface area (Å²) in [6.45, 7) is 13.3. The predicted octanol–water partition coefficient (Wildman–Crippen LogP) is 3.59. The number of nitrogens with one attached hydrogen (secondary N) is 2. The molecule has 59 heavy (non-hydrogen) atoms. The van der Waals surface area contributed by atoms with Crippen molar-refractivity contribution in [3.8, 4) is 0 Å². The summed E-state index contributed by atoms with van der Waals surface area (Å²) in [4.78, 5) is 81.5. The quantitative estimate of drug-likeness (QED) is 0.244. The fourth-order valence-corrected chi connectivity index (χ4v) is 9.16. The van der Waals surface area contributed by atoms with Gasteiger partial charge in [-0.25, -0.2) is 9.59 Å². The largest absolute Gasteiger partial charge is 0.458 e. The van der Waals surface area contributed by atoms with Gasteiger partial charge in [-0.15, -0.1) is 0 Å². The lowest BCUT2D eigenvalue weighted by atomic mass is 9.73. The smallest absolute Gasteiger partial charge is 0.412 e. The van der Waals surface area contributed by atoms with E-state index in [9.17, 15) is 29.1 Å². The Morgan fingerprint density at radius 3 is 2.32 bits per heavy atom. The van der Waals surface area contributed by atoms with Crippen molar-refractivity contribution in [1.29, 1.82) is 0 Å². The first-order valence-corrected chi connectivity index (χ1v) is 20.5. The number of nitrogens with zero attached hydrogens (tertiary/aromatic N) is 4. The zero-order chi connectivity index (χ0) is 43.6. The number of likely N-dealkylation sites (N-methyl/N-ethyl adjacent to an activating group) is 1. The number of cyclic esters (lactones) is 1. The van der Waals surface area contributed by atoms with Crippen LogP contribution in [0, 0.1) is 23.7 Å². The summed E-state index contributed by atoms with van der Waals surface area (Å²) in [7, 11) is 5.16. The fourth-order valence-electron chi connectivity index (χ4n) is 9.16. The van der Waals surface area contributed by atoms with Gasteiger partial charge in [0.15, 0.2) is 17.7 Å². The minimum absolute atomic E-state index is 0.0553. The molecule has 17 nitrogen and oxygen atoms in total. The zero-order valence-electron chi connectivity index (χ0n) is 36.1. The van der Waals surface area contributed by atoms with Gasteiger partial charge in [0, 0.05) is 49.8 Å². The molecule has 1 aromatic heterocycles. The molecule has 0 saturated carbocycles. The van der Waals surface area contributed by atoms with Gasteiger partial charge in [0.2, 0.25) is 0 Å². The molecule has 3 N–H and O–H groups in total. The molecular formula is C42H62N6O11. The van der Waals surface area contributed by atoms with E-state index in [1.807, 2.05) is 38.1 Å². The molecular weight excluding hydrogens is 764 g/mol. The van der Waals surface area contributed by atoms with Crippen LogP contribution in [0.3, 0.4) is 0 Å². The second-order valence-corrected chi connectivity index (χ2v) is 17.1. The average molecular weight is 827 g/mol. The Bertz CT molecular complexity index is 1870. The van der Waals surface area contributed by atoms with Crippen molar-refractivity contribution < 1.29 is 52.8 Å². The number of Topliss-reactive ketones (excluding diaryl/α,β-unsaturated/α-hetero) is 2. The standard InChI is InChI=1S/C42H62N6O11/c1-12-31-42(8)35(48(40(54)59-42)21-46-39(53)45-20-27-13-14-28-29(18-27)44-16-15-43-28)24(4)32(49)22(2)19-41(7,55-11)36(25(5)33(50)26(6)37(52)57-31)58-38-34(51)30(47(9)10)17-23(3)56-38/h13-16,18,22-26,30-31,34-36,38,51H,12,17,19-21H2,1-11H3,(H2,45,46,53)/t22-,23-,24+,25+,26-,30+,31-,34-,35-,36-,38+,41-,42-/m1/s1. The van der Waals surface area contributed by atoms with Crippen molar-refractivity contribution in [2.75, 3.05) is 27.9 Å². The van der Waals surface area contributed by atoms with E-state index < -0.39 is 89.4 Å². The Balaban J connectivity index is 1.44. The Morgan fingerprint density at radius 1 is 1.00 bits per heavy atom. The molecule has 13 atom stereocenters. The van der Waals surface area contributed by atoms with E-state index in [1.165, 1.54) is 18.9 Å². The maximum Gasteiger partial charge on any atom is 0.412 e. The Morgan fingerprint density at radius 2 is 1.68 bits per heavy atom. The van der Waals surface area contributed by atoms with E-state index in [2.05, 4.69) is 20.6 Å². The lowest BCUT2D eigenvalue weighted by Gasteiger charge is -2.47. The van der Waals surface area contributed by atoms with E-state index in [4.69, 9.17) is 23.7 Å². The minimum Gasteiger partial charge on any atom is -0.458 e. The molecule has 3 fully saturated rings. The summed E-state index contributed by atoms with van der Waals surface area (Å²) < 4.78 is 30.9. The predicted molar refractivity (Wildman–Crippen MR) is 214 cm³/mol. The fraction of sp³-hybridized carbons (Fsp3) is 0.690. The Hall–Kier alpha value is -4.29. The molecule has 0 aliphatic carbocycles. The number of amides is 3. The van der Waals surface area contributed by atoms with Crippen LogP contribution in [0.4, 0.5) is 9.59 Å². The van der Waals surface area contributed by atoms with Gasteiger partial charge in [-0.3, -0.25) is 29.3 Å². The van der Waals surface area contributed by atoms with E-state index >= 15 is 0 Å². The van der Waals surface area contributed by atoms with Crippen molar-refractivity contribution in [1.82, 2.24) is 30.4 Å². The number of ether oxygens (including phenoxy) is 5. The highest BCUT2D eigenvalue weighted by atomic mass is 16.7. The Kier molecular flexibility index (Phi) is 14.4. The van der Waals surface area contributed by atoms with Crippen molar-refractivity contribution in [2.45, 2.75) is 135 Å². The molecule has 3 saturated heterocycles. The molecule has 3 aliphatic heterocycles. The molecule has 1 aromatic carbocycles. The van der Waals surface area contributed by atoms with Gasteiger partial charge < -0.3 is 44.3 Å². The monoisotopic (exact) mass is 826 g/mol. The van der Waals surface area contributed by atoms with Crippen LogP contribution in [0.1, 0.15) is 80.2 Å². The second-order valence-electron chi connectivity index (χ2n) is 17.1. The number of urea groups is 1. The van der Waals surface area contributed by atoms with Crippen LogP contribution in [0.15, 0.2) is 30.6 Å². The lowest BCUT2D eigenvalue weighted by molar-refractivity contribution is -0.295. The number of aliphatic hydroxyl groups excluding tert-OH is 1. The summed E-state index contributed by atoms with van der Waals surface area (Å²) >= 11 is 0. The number of carbonyl (C=O) groups excluding carboxylic acids is 5. The number of aromatic nitrogens is 2. The molecule has 326 valence electrons. The minimum atomic E-state index is -1.57. The molecule has 0 radical (unpaired) electrons. The molecule has 0 unspecified atom stereocenters. The van der Waals surface area contributed by atoms with Crippen molar-refractivity contribution >= 4 is 40.7 Å². The summed E-state index contributed by atoms with van der Waals surface area (Å²) in [5.41, 5.74) is -0.732. The zero-order valence-corrected chi connectivity index (χ0v) is 36.1. The van der Waals surface area contributed by atoms with Crippen LogP contribution in [-0.2, 0) is 44.6 Å². The molecule has 3 amide bonds. The second kappa shape index (κ2) is 18.5. The topological polar surface area (TPSA) is 208 Å². The van der Waals surface area contributed by atoms with Gasteiger partial charge in [-0.1, -0.05) is 33.8 Å². The first-order valence-electron chi connectivity index (χ1n) is 20.5. The number of esters is 1. The van der Waals surface area contributed by atoms with Gasteiger partial charge in [0.25, 0.3) is 0 Å². The molecule has 4 heterocycles. The molecule has 0 bridgehead atoms. The van der Waals surface area contributed by atoms with Gasteiger partial charge >= 0.3 is 18.1 Å². The number of carbonyl (C=O) groups is 5. The number of aliphatic hydroxyl groups is 1. The molecule has 0 spiro atoms. The summed E-state index contributed by atoms with van der Waals surface area (Å²) in [6, 6.07) is 3.52. The van der Waals surface area contributed by atoms with Gasteiger partial charge in [-0.05, 0) is 78.7 Å². The summed E-state index contributed by atoms with van der Waals surface area (Å²) in [5.74, 6) is -5.56. The van der Waals surface area contributed by atoms with Crippen LogP contribution < -0.4 is 10.6 Å². The van der Waals surface area contributed by atoms with E-state index in [0.717, 1.165) is 5.56 Å². The SMILES string of the molecule is CC[C@H]1OC(=O)[C@H](C)C(=O)[C@H](C)[C@@H](O[C@@H]2O[C@H](C)C[C@H](N(C)C)[C@H]2O)[C@](C)(OC)C[C@@H](C)C(=O)[C@H](C)[C@H]2N(CNC(=O)NCc3ccc4nccnc4c3)C(=O)O[C@]12C. The molecule has 5 rings (SSSR count). The van der Waals surface area contributed by atoms with Crippen molar-refractivity contribution in [3.05, 3.63) is 36.2 Å². The summed E-state index contributed by atoms with van der Waals surface area (Å²) in [5, 5.41) is 16.9. The third-order valence-electron chi connectivity index (χ3n) is 12.6. The highest BCUT2D eigenvalue weighted by molar-refractivity contribution is 6.00. The molecule has 2 aromatic rings. The molecule has 3 aliphatic rings. The van der Waals surface area contributed by atoms with Crippen LogP contribution in [0.2, 0.25) is 0 Å². The van der Waals surface area contributed by atoms with Crippen LogP contribution in [0.25, 0.3) is 11.0 Å². The Labute approximate surface area is 346 Å². The third-order valence-corrected chi connectivity index (χ3v) is 12.6. The maximum atomic E-state index is 14.7. The van der Waals surface area contributed by atoms with Gasteiger partial charge in [0.1, 0.15) is 23.9 Å². The number of hydrogen-bond acceptors (Lipinski definition) is 14. The first-order chi connectivity index (χ1) is 27.8. The maximum absolute atomic E-state index is 14.7. The van der Waals surface area contributed by atoms with Crippen molar-refractivity contribution in [2.24, 2.45) is 23.7 Å². The number of rotatable bonds is 9. The van der Waals surface area contributed by atoms with Crippen LogP contribution >= 0.6 is 0 Å².